The molecule has 5 unspecified atom stereocenters. The third kappa shape index (κ3) is 9.78. The molecule has 3 aromatic carbocycles. The quantitative estimate of drug-likeness (QED) is 0.0473. The van der Waals surface area contributed by atoms with Crippen LogP contribution in [0.4, 0.5) is 10.3 Å². The second-order valence-corrected chi connectivity index (χ2v) is 16.8. The Morgan fingerprint density at radius 1 is 0.951 bits per heavy atom. The van der Waals surface area contributed by atoms with Crippen molar-refractivity contribution in [2.75, 3.05) is 32.8 Å². The number of anilines is 1. The number of carbonyl (C=O) groups is 1. The van der Waals surface area contributed by atoms with Crippen molar-refractivity contribution in [2.45, 2.75) is 90.3 Å². The number of ether oxygens (including phenoxy) is 4. The van der Waals surface area contributed by atoms with Crippen molar-refractivity contribution < 1.29 is 37.2 Å². The molecule has 0 radical (unpaired) electrons. The topological polar surface area (TPSA) is 175 Å². The molecular weight excluding hydrogens is 804 g/mol. The van der Waals surface area contributed by atoms with E-state index in [4.69, 9.17) is 28.0 Å². The Bertz CT molecular complexity index is 2260. The molecule has 5 aromatic rings. The molecule has 0 saturated carbocycles. The number of hydrogen-bond acceptors (Lipinski definition) is 12. The number of nitrogens with zero attached hydrogens (tertiary/aromatic N) is 5. The van der Waals surface area contributed by atoms with Gasteiger partial charge in [0.25, 0.3) is 14.1 Å². The fourth-order valence-corrected chi connectivity index (χ4v) is 8.93. The van der Waals surface area contributed by atoms with Crippen LogP contribution in [-0.4, -0.2) is 88.0 Å². The SMILES string of the molecule is COc1ccc(C(OC2C(COP(OCCC#N)N(C(C)C)C(C)C)OC(n3cnc4c(=O)[nH]c(NC(=O)C(C)C)nc43)C2F)(c2ccccc2)c2ccc(OC)cc2)cc1. The first kappa shape index (κ1) is 45.3. The highest BCUT2D eigenvalue weighted by Crippen LogP contribution is 2.50. The molecule has 2 N–H and O–H groups in total. The number of amides is 1. The Labute approximate surface area is 356 Å². The standard InChI is InChI=1S/C44H53FN7O8P/c1-27(2)40(53)49-43-48-39-37(41(54)50-43)47-26-51(39)42-36(45)38(35(59-42)25-58-61(57-24-12-23-46)52(28(3)4)29(5)6)60-44(30-13-10-9-11-14-30,31-15-19-33(55-7)20-16-31)32-17-21-34(56-8)22-18-32/h9-11,13-22,26-29,35-36,38,42H,12,24-25H2,1-8H3,(H2,48,49,50,53,54). The van der Waals surface area contributed by atoms with Crippen molar-refractivity contribution in [1.29, 1.82) is 5.26 Å². The minimum absolute atomic E-state index is 0.00542. The van der Waals surface area contributed by atoms with Gasteiger partial charge in [-0.05, 0) is 68.7 Å². The first-order valence-corrected chi connectivity index (χ1v) is 21.3. The minimum atomic E-state index is -1.92. The van der Waals surface area contributed by atoms with Crippen LogP contribution in [0.5, 0.6) is 11.5 Å². The fraction of sp³-hybridized carbons (Fsp3) is 0.432. The Morgan fingerprint density at radius 2 is 1.54 bits per heavy atom. The predicted octanol–water partition coefficient (Wildman–Crippen LogP) is 7.64. The summed E-state index contributed by atoms with van der Waals surface area (Å²) in [4.78, 5) is 37.2. The van der Waals surface area contributed by atoms with Crippen LogP contribution < -0.4 is 20.3 Å². The van der Waals surface area contributed by atoms with Gasteiger partial charge in [-0.15, -0.1) is 0 Å². The van der Waals surface area contributed by atoms with Crippen molar-refractivity contribution >= 4 is 31.5 Å². The summed E-state index contributed by atoms with van der Waals surface area (Å²) in [6, 6.07) is 26.4. The minimum Gasteiger partial charge on any atom is -0.497 e. The lowest BCUT2D eigenvalue weighted by molar-refractivity contribution is -0.118. The normalized spacial score (nSPS) is 18.6. The molecule has 61 heavy (non-hydrogen) atoms. The highest BCUT2D eigenvalue weighted by molar-refractivity contribution is 7.44. The second-order valence-electron chi connectivity index (χ2n) is 15.3. The lowest BCUT2D eigenvalue weighted by atomic mass is 9.79. The van der Waals surface area contributed by atoms with E-state index in [1.807, 2.05) is 107 Å². The van der Waals surface area contributed by atoms with Gasteiger partial charge in [0.1, 0.15) is 29.3 Å². The fourth-order valence-electron chi connectivity index (χ4n) is 7.31. The number of H-pyrrole nitrogens is 1. The maximum absolute atomic E-state index is 18.0. The van der Waals surface area contributed by atoms with Crippen LogP contribution in [-0.2, 0) is 28.9 Å². The van der Waals surface area contributed by atoms with E-state index in [0.717, 1.165) is 0 Å². The van der Waals surface area contributed by atoms with Crippen LogP contribution >= 0.6 is 8.53 Å². The summed E-state index contributed by atoms with van der Waals surface area (Å²) < 4.78 is 59.2. The Kier molecular flexibility index (Phi) is 14.9. The molecule has 15 nitrogen and oxygen atoms in total. The van der Waals surface area contributed by atoms with E-state index < -0.39 is 50.2 Å². The van der Waals surface area contributed by atoms with E-state index in [-0.39, 0.29) is 54.7 Å². The average molecular weight is 858 g/mol. The lowest BCUT2D eigenvalue weighted by Gasteiger charge is -2.40. The molecule has 1 aliphatic heterocycles. The zero-order valence-electron chi connectivity index (χ0n) is 35.6. The molecule has 0 aliphatic carbocycles. The van der Waals surface area contributed by atoms with Gasteiger partial charge in [0, 0.05) is 18.0 Å². The number of imidazole rings is 1. The molecule has 1 aliphatic rings. The summed E-state index contributed by atoms with van der Waals surface area (Å²) in [5.41, 5.74) is -0.150. The summed E-state index contributed by atoms with van der Waals surface area (Å²) in [6.45, 7) is 11.4. The van der Waals surface area contributed by atoms with Crippen molar-refractivity contribution in [1.82, 2.24) is 24.2 Å². The summed E-state index contributed by atoms with van der Waals surface area (Å²) in [6.07, 6.45) is -4.36. The number of fused-ring (bicyclic) bond motifs is 1. The van der Waals surface area contributed by atoms with E-state index in [1.54, 1.807) is 28.1 Å². The molecule has 324 valence electrons. The maximum Gasteiger partial charge on any atom is 0.280 e. The molecule has 1 amide bonds. The highest BCUT2D eigenvalue weighted by Gasteiger charge is 2.53. The van der Waals surface area contributed by atoms with Crippen molar-refractivity contribution in [3.63, 3.8) is 0 Å². The number of nitrogens with one attached hydrogen (secondary N) is 2. The van der Waals surface area contributed by atoms with Crippen LogP contribution in [0.3, 0.4) is 0 Å². The number of hydrogen-bond donors (Lipinski definition) is 2. The zero-order valence-corrected chi connectivity index (χ0v) is 36.5. The van der Waals surface area contributed by atoms with Crippen LogP contribution in [0, 0.1) is 17.2 Å². The molecule has 1 fully saturated rings. The number of aromatic nitrogens is 4. The lowest BCUT2D eigenvalue weighted by Crippen LogP contribution is -2.44. The average Bonchev–Trinajstić information content (AvgIpc) is 3.81. The van der Waals surface area contributed by atoms with Gasteiger partial charge in [-0.1, -0.05) is 68.4 Å². The van der Waals surface area contributed by atoms with Gasteiger partial charge in [0.05, 0.1) is 46.3 Å². The molecule has 2 aromatic heterocycles. The van der Waals surface area contributed by atoms with Gasteiger partial charge in [0.2, 0.25) is 11.9 Å². The van der Waals surface area contributed by atoms with Crippen LogP contribution in [0.1, 0.15) is 70.9 Å². The number of carbonyl (C=O) groups excluding carboxylic acids is 1. The number of alkyl halides is 1. The predicted molar refractivity (Wildman–Crippen MR) is 229 cm³/mol. The van der Waals surface area contributed by atoms with E-state index in [1.165, 1.54) is 10.9 Å². The molecule has 0 bridgehead atoms. The number of halogens is 1. The highest BCUT2D eigenvalue weighted by atomic mass is 31.2. The molecule has 0 spiro atoms. The summed E-state index contributed by atoms with van der Waals surface area (Å²) in [7, 11) is 1.39. The third-order valence-corrected chi connectivity index (χ3v) is 12.3. The molecular formula is C44H53FN7O8P. The number of methoxy groups -OCH3 is 2. The first-order chi connectivity index (χ1) is 29.3. The largest absolute Gasteiger partial charge is 0.497 e. The van der Waals surface area contributed by atoms with Gasteiger partial charge < -0.3 is 28.0 Å². The number of rotatable bonds is 19. The maximum atomic E-state index is 18.0. The Morgan fingerprint density at radius 3 is 2.08 bits per heavy atom. The van der Waals surface area contributed by atoms with Crippen molar-refractivity contribution in [3.05, 3.63) is 112 Å². The summed E-state index contributed by atoms with van der Waals surface area (Å²) in [5, 5.41) is 11.9. The van der Waals surface area contributed by atoms with Crippen molar-refractivity contribution in [2.24, 2.45) is 5.92 Å². The number of benzene rings is 3. The number of aromatic amines is 1. The number of nitriles is 1. The van der Waals surface area contributed by atoms with Gasteiger partial charge in [-0.25, -0.2) is 14.0 Å². The van der Waals surface area contributed by atoms with E-state index in [2.05, 4.69) is 31.0 Å². The van der Waals surface area contributed by atoms with Gasteiger partial charge in [0.15, 0.2) is 23.6 Å². The zero-order chi connectivity index (χ0) is 43.8. The smallest absolute Gasteiger partial charge is 0.280 e. The molecule has 1 saturated heterocycles. The van der Waals surface area contributed by atoms with E-state index in [9.17, 15) is 14.9 Å². The Hall–Kier alpha value is -5.27. The summed E-state index contributed by atoms with van der Waals surface area (Å²) >= 11 is 0. The second kappa shape index (κ2) is 20.1. The van der Waals surface area contributed by atoms with Crippen LogP contribution in [0.15, 0.2) is 90.0 Å². The van der Waals surface area contributed by atoms with E-state index in [0.29, 0.717) is 28.2 Å². The van der Waals surface area contributed by atoms with Crippen LogP contribution in [0.25, 0.3) is 11.2 Å². The van der Waals surface area contributed by atoms with Gasteiger partial charge in [-0.3, -0.25) is 24.5 Å². The third-order valence-electron chi connectivity index (χ3n) is 10.2. The Balaban J connectivity index is 1.51. The monoisotopic (exact) mass is 857 g/mol. The van der Waals surface area contributed by atoms with E-state index >= 15 is 4.39 Å². The molecule has 5 atom stereocenters. The van der Waals surface area contributed by atoms with Crippen LogP contribution in [0.2, 0.25) is 0 Å². The van der Waals surface area contributed by atoms with Gasteiger partial charge >= 0.3 is 0 Å². The molecule has 17 heteroatoms. The van der Waals surface area contributed by atoms with Gasteiger partial charge in [-0.2, -0.15) is 10.2 Å². The molecule has 3 heterocycles. The molecule has 6 rings (SSSR count). The van der Waals surface area contributed by atoms with Crippen molar-refractivity contribution in [3.8, 4) is 17.6 Å². The summed E-state index contributed by atoms with van der Waals surface area (Å²) in [5.74, 6) is 0.323. The first-order valence-electron chi connectivity index (χ1n) is 20.1.